The number of benzene rings is 2. The predicted octanol–water partition coefficient (Wildman–Crippen LogP) is 3.74. The molecule has 0 aliphatic carbocycles. The van der Waals surface area contributed by atoms with Gasteiger partial charge in [0.15, 0.2) is 5.82 Å². The Bertz CT molecular complexity index is 1060. The van der Waals surface area contributed by atoms with Crippen molar-refractivity contribution < 1.29 is 4.21 Å². The van der Waals surface area contributed by atoms with E-state index in [0.717, 1.165) is 25.7 Å². The maximum absolute atomic E-state index is 11.5. The molecule has 0 bridgehead atoms. The Balaban J connectivity index is 1.79. The van der Waals surface area contributed by atoms with Crippen LogP contribution in [0.5, 0.6) is 0 Å². The molecular formula is C18H14N4OS2. The molecule has 2 heterocycles. The van der Waals surface area contributed by atoms with E-state index in [4.69, 9.17) is 5.73 Å². The summed E-state index contributed by atoms with van der Waals surface area (Å²) >= 11 is 1.54. The summed E-state index contributed by atoms with van der Waals surface area (Å²) in [6.45, 7) is 0. The van der Waals surface area contributed by atoms with Crippen molar-refractivity contribution in [3.8, 4) is 22.0 Å². The molecule has 2 aromatic carbocycles. The first-order chi connectivity index (χ1) is 12.1. The summed E-state index contributed by atoms with van der Waals surface area (Å²) in [6, 6.07) is 15.4. The second kappa shape index (κ2) is 6.34. The minimum absolute atomic E-state index is 0.356. The molecule has 0 spiro atoms. The number of hydrogen-bond acceptors (Lipinski definition) is 6. The van der Waals surface area contributed by atoms with Crippen LogP contribution in [0.15, 0.2) is 59.6 Å². The zero-order valence-corrected chi connectivity index (χ0v) is 15.0. The van der Waals surface area contributed by atoms with Gasteiger partial charge in [0.05, 0.1) is 22.1 Å². The Hall–Kier alpha value is -2.64. The number of anilines is 1. The van der Waals surface area contributed by atoms with Gasteiger partial charge in [0, 0.05) is 27.5 Å². The summed E-state index contributed by atoms with van der Waals surface area (Å²) in [5.74, 6) is 0.356. The molecule has 0 aliphatic rings. The molecule has 4 aromatic rings. The van der Waals surface area contributed by atoms with E-state index in [1.165, 1.54) is 0 Å². The van der Waals surface area contributed by atoms with Crippen LogP contribution in [0.1, 0.15) is 0 Å². The van der Waals surface area contributed by atoms with E-state index in [0.29, 0.717) is 17.2 Å². The van der Waals surface area contributed by atoms with Crippen molar-refractivity contribution in [3.05, 3.63) is 54.7 Å². The van der Waals surface area contributed by atoms with Crippen LogP contribution in [0, 0.1) is 0 Å². The lowest BCUT2D eigenvalue weighted by Gasteiger charge is -2.06. The fourth-order valence-electron chi connectivity index (χ4n) is 2.49. The van der Waals surface area contributed by atoms with E-state index in [9.17, 15) is 4.21 Å². The molecule has 0 saturated heterocycles. The summed E-state index contributed by atoms with van der Waals surface area (Å²) in [7, 11) is -1.00. The van der Waals surface area contributed by atoms with Gasteiger partial charge in [0.2, 0.25) is 0 Å². The first-order valence-corrected chi connectivity index (χ1v) is 9.91. The second-order valence-electron chi connectivity index (χ2n) is 5.45. The van der Waals surface area contributed by atoms with Gasteiger partial charge < -0.3 is 5.73 Å². The molecule has 0 aliphatic heterocycles. The third-order valence-electron chi connectivity index (χ3n) is 3.78. The number of nitrogens with two attached hydrogens (primary N) is 1. The van der Waals surface area contributed by atoms with Crippen LogP contribution in [0.2, 0.25) is 0 Å². The highest BCUT2D eigenvalue weighted by molar-refractivity contribution is 7.84. The second-order valence-corrected chi connectivity index (χ2v) is 7.86. The van der Waals surface area contributed by atoms with Crippen LogP contribution in [0.3, 0.4) is 0 Å². The number of fused-ring (bicyclic) bond motifs is 1. The summed E-state index contributed by atoms with van der Waals surface area (Å²) in [4.78, 5) is 14.3. The Kier molecular flexibility index (Phi) is 4.03. The molecule has 5 nitrogen and oxygen atoms in total. The van der Waals surface area contributed by atoms with Crippen LogP contribution in [-0.2, 0) is 10.8 Å². The van der Waals surface area contributed by atoms with E-state index < -0.39 is 10.8 Å². The molecule has 4 rings (SSSR count). The monoisotopic (exact) mass is 366 g/mol. The molecular weight excluding hydrogens is 352 g/mol. The van der Waals surface area contributed by atoms with Crippen molar-refractivity contribution in [2.45, 2.75) is 4.90 Å². The van der Waals surface area contributed by atoms with Crippen molar-refractivity contribution in [3.63, 3.8) is 0 Å². The van der Waals surface area contributed by atoms with Crippen molar-refractivity contribution in [1.29, 1.82) is 0 Å². The molecule has 0 fully saturated rings. The summed E-state index contributed by atoms with van der Waals surface area (Å²) in [5, 5.41) is 0.749. The van der Waals surface area contributed by atoms with Gasteiger partial charge in [0.1, 0.15) is 10.7 Å². The van der Waals surface area contributed by atoms with Crippen LogP contribution in [-0.4, -0.2) is 25.4 Å². The van der Waals surface area contributed by atoms with Gasteiger partial charge in [-0.05, 0) is 24.3 Å². The van der Waals surface area contributed by atoms with Gasteiger partial charge in [-0.3, -0.25) is 4.21 Å². The summed E-state index contributed by atoms with van der Waals surface area (Å²) in [6.07, 6.45) is 3.30. The molecule has 2 aromatic heterocycles. The van der Waals surface area contributed by atoms with Crippen LogP contribution >= 0.6 is 11.3 Å². The largest absolute Gasteiger partial charge is 0.382 e. The zero-order chi connectivity index (χ0) is 17.4. The smallest absolute Gasteiger partial charge is 0.152 e. The maximum Gasteiger partial charge on any atom is 0.152 e. The normalized spacial score (nSPS) is 12.4. The van der Waals surface area contributed by atoms with Gasteiger partial charge in [-0.25, -0.2) is 15.0 Å². The van der Waals surface area contributed by atoms with Crippen LogP contribution in [0.4, 0.5) is 5.82 Å². The first kappa shape index (κ1) is 15.9. The van der Waals surface area contributed by atoms with Gasteiger partial charge in [-0.15, -0.1) is 11.3 Å². The quantitative estimate of drug-likeness (QED) is 0.597. The molecule has 7 heteroatoms. The third kappa shape index (κ3) is 3.04. The van der Waals surface area contributed by atoms with Crippen molar-refractivity contribution in [1.82, 2.24) is 15.0 Å². The lowest BCUT2D eigenvalue weighted by atomic mass is 10.1. The third-order valence-corrected chi connectivity index (χ3v) is 5.76. The van der Waals surface area contributed by atoms with E-state index >= 15 is 0 Å². The lowest BCUT2D eigenvalue weighted by Crippen LogP contribution is -1.98. The average Bonchev–Trinajstić information content (AvgIpc) is 3.06. The molecule has 0 radical (unpaired) electrons. The number of thiazole rings is 1. The zero-order valence-electron chi connectivity index (χ0n) is 13.3. The minimum atomic E-state index is -1.00. The van der Waals surface area contributed by atoms with E-state index in [2.05, 4.69) is 15.0 Å². The van der Waals surface area contributed by atoms with Crippen LogP contribution < -0.4 is 5.73 Å². The maximum atomic E-state index is 11.5. The van der Waals surface area contributed by atoms with Gasteiger partial charge in [-0.2, -0.15) is 0 Å². The molecule has 0 saturated carbocycles. The standard InChI is InChI=1S/C18H14N4OS2/c1-25(23)12-8-6-11(7-9-12)14-10-20-17(19)16(21-14)18-22-13-4-2-3-5-15(13)24-18/h2-10H,1H3,(H2,19,20). The number of rotatable bonds is 3. The highest BCUT2D eigenvalue weighted by atomic mass is 32.2. The minimum Gasteiger partial charge on any atom is -0.382 e. The van der Waals surface area contributed by atoms with Crippen LogP contribution in [0.25, 0.3) is 32.2 Å². The Morgan fingerprint density at radius 1 is 1.04 bits per heavy atom. The Morgan fingerprint density at radius 2 is 1.80 bits per heavy atom. The lowest BCUT2D eigenvalue weighted by molar-refractivity contribution is 0.687. The summed E-state index contributed by atoms with van der Waals surface area (Å²) in [5.41, 5.74) is 9.14. The number of hydrogen-bond donors (Lipinski definition) is 1. The molecule has 1 atom stereocenters. The van der Waals surface area contributed by atoms with E-state index in [1.807, 2.05) is 48.5 Å². The molecule has 0 amide bonds. The molecule has 2 N–H and O–H groups in total. The number of nitrogens with zero attached hydrogens (tertiary/aromatic N) is 3. The van der Waals surface area contributed by atoms with Gasteiger partial charge >= 0.3 is 0 Å². The van der Waals surface area contributed by atoms with Gasteiger partial charge in [0.25, 0.3) is 0 Å². The summed E-state index contributed by atoms with van der Waals surface area (Å²) < 4.78 is 12.6. The number of aromatic nitrogens is 3. The molecule has 124 valence electrons. The average molecular weight is 366 g/mol. The topological polar surface area (TPSA) is 81.8 Å². The highest BCUT2D eigenvalue weighted by Crippen LogP contribution is 2.32. The van der Waals surface area contributed by atoms with Crippen molar-refractivity contribution in [2.24, 2.45) is 0 Å². The van der Waals surface area contributed by atoms with E-state index in [-0.39, 0.29) is 0 Å². The SMILES string of the molecule is CS(=O)c1ccc(-c2cnc(N)c(-c3nc4ccccc4s3)n2)cc1. The Labute approximate surface area is 151 Å². The fraction of sp³-hybridized carbons (Fsp3) is 0.0556. The first-order valence-electron chi connectivity index (χ1n) is 7.54. The highest BCUT2D eigenvalue weighted by Gasteiger charge is 2.13. The predicted molar refractivity (Wildman–Crippen MR) is 103 cm³/mol. The van der Waals surface area contributed by atoms with E-state index in [1.54, 1.807) is 23.8 Å². The van der Waals surface area contributed by atoms with Crippen molar-refractivity contribution in [2.75, 3.05) is 12.0 Å². The van der Waals surface area contributed by atoms with Crippen molar-refractivity contribution >= 4 is 38.2 Å². The van der Waals surface area contributed by atoms with Gasteiger partial charge in [-0.1, -0.05) is 24.3 Å². The Morgan fingerprint density at radius 3 is 2.52 bits per heavy atom. The fourth-order valence-corrected chi connectivity index (χ4v) is 3.97. The molecule has 1 unspecified atom stereocenters. The number of para-hydroxylation sites is 1. The molecule has 25 heavy (non-hydrogen) atoms. The number of nitrogen functional groups attached to an aromatic ring is 1.